The van der Waals surface area contributed by atoms with E-state index >= 15 is 0 Å². The number of hydrogen-bond donors (Lipinski definition) is 1. The average Bonchev–Trinajstić information content (AvgIpc) is 2.80. The highest BCUT2D eigenvalue weighted by Crippen LogP contribution is 2.40. The van der Waals surface area contributed by atoms with Gasteiger partial charge in [-0.2, -0.15) is 13.2 Å². The molecule has 1 amide bonds. The first-order valence-corrected chi connectivity index (χ1v) is 9.45. The summed E-state index contributed by atoms with van der Waals surface area (Å²) in [5.41, 5.74) is 0.301. The van der Waals surface area contributed by atoms with Crippen LogP contribution in [0.15, 0.2) is 48.5 Å². The van der Waals surface area contributed by atoms with Gasteiger partial charge < -0.3 is 15.0 Å². The van der Waals surface area contributed by atoms with E-state index in [0.29, 0.717) is 23.5 Å². The van der Waals surface area contributed by atoms with Crippen molar-refractivity contribution in [3.05, 3.63) is 65.2 Å². The molecular weight excluding hydrogens is 381 g/mol. The van der Waals surface area contributed by atoms with Crippen molar-refractivity contribution in [1.29, 1.82) is 0 Å². The number of hydrogen-bond acceptors (Lipinski definition) is 3. The Morgan fingerprint density at radius 2 is 1.90 bits per heavy atom. The van der Waals surface area contributed by atoms with Crippen LogP contribution in [-0.4, -0.2) is 32.1 Å². The Kier molecular flexibility index (Phi) is 5.08. The van der Waals surface area contributed by atoms with Crippen molar-refractivity contribution in [2.24, 2.45) is 0 Å². The number of methoxy groups -OCH3 is 1. The van der Waals surface area contributed by atoms with Crippen LogP contribution in [-0.2, 0) is 11.0 Å². The predicted molar refractivity (Wildman–Crippen MR) is 105 cm³/mol. The largest absolute Gasteiger partial charge is 0.497 e. The molecule has 2 atom stereocenters. The van der Waals surface area contributed by atoms with Gasteiger partial charge in [0.25, 0.3) is 0 Å². The summed E-state index contributed by atoms with van der Waals surface area (Å²) in [6.07, 6.45) is -0.622. The van der Waals surface area contributed by atoms with Gasteiger partial charge >= 0.3 is 6.18 Å². The van der Waals surface area contributed by atoms with Crippen molar-refractivity contribution in [3.63, 3.8) is 0 Å². The Bertz CT molecular complexity index is 934. The van der Waals surface area contributed by atoms with E-state index in [2.05, 4.69) is 5.32 Å². The molecule has 2 aromatic rings. The fourth-order valence-electron chi connectivity index (χ4n) is 3.75. The standard InChI is InChI=1S/C22H21F3N2O2/c1-29-16-7-5-14(6-8-16)17-9-10-18-19(22(23,24)25)3-2-4-20(18)27(21(17)28)13-15-11-12-26-15/h2-10,15,17,26H,11-13H2,1H3. The van der Waals surface area contributed by atoms with Crippen molar-refractivity contribution in [2.75, 3.05) is 25.1 Å². The molecular formula is C22H21F3N2O2. The lowest BCUT2D eigenvalue weighted by Crippen LogP contribution is -2.52. The van der Waals surface area contributed by atoms with Gasteiger partial charge in [-0.15, -0.1) is 0 Å². The molecule has 1 N–H and O–H groups in total. The molecule has 0 radical (unpaired) electrons. The highest BCUT2D eigenvalue weighted by molar-refractivity contribution is 6.03. The SMILES string of the molecule is COc1ccc(C2C=Cc3c(cccc3C(F)(F)F)N(CC3CCN3)C2=O)cc1. The molecule has 0 spiro atoms. The van der Waals surface area contributed by atoms with E-state index in [1.54, 1.807) is 43.5 Å². The summed E-state index contributed by atoms with van der Waals surface area (Å²) >= 11 is 0. The third-order valence-corrected chi connectivity index (χ3v) is 5.47. The maximum atomic E-state index is 13.6. The highest BCUT2D eigenvalue weighted by atomic mass is 19.4. The Balaban J connectivity index is 1.80. The molecule has 2 unspecified atom stereocenters. The van der Waals surface area contributed by atoms with E-state index < -0.39 is 17.7 Å². The normalized spacial score (nSPS) is 21.4. The second-order valence-corrected chi connectivity index (χ2v) is 7.23. The molecule has 2 heterocycles. The van der Waals surface area contributed by atoms with Gasteiger partial charge in [-0.1, -0.05) is 30.4 Å². The lowest BCUT2D eigenvalue weighted by Gasteiger charge is -2.35. The van der Waals surface area contributed by atoms with E-state index in [0.717, 1.165) is 19.0 Å². The van der Waals surface area contributed by atoms with Crippen LogP contribution >= 0.6 is 0 Å². The molecule has 29 heavy (non-hydrogen) atoms. The zero-order valence-corrected chi connectivity index (χ0v) is 15.9. The van der Waals surface area contributed by atoms with E-state index in [1.165, 1.54) is 17.0 Å². The molecule has 0 aromatic heterocycles. The minimum atomic E-state index is -4.50. The molecule has 7 heteroatoms. The van der Waals surface area contributed by atoms with Crippen LogP contribution in [0.2, 0.25) is 0 Å². The maximum Gasteiger partial charge on any atom is 0.417 e. The first kappa shape index (κ1) is 19.5. The number of anilines is 1. The zero-order valence-electron chi connectivity index (χ0n) is 15.9. The molecule has 0 bridgehead atoms. The van der Waals surface area contributed by atoms with Gasteiger partial charge in [-0.25, -0.2) is 0 Å². The Morgan fingerprint density at radius 3 is 2.48 bits per heavy atom. The lowest BCUT2D eigenvalue weighted by molar-refractivity contribution is -0.137. The van der Waals surface area contributed by atoms with Gasteiger partial charge in [0.05, 0.1) is 24.3 Å². The average molecular weight is 402 g/mol. The quantitative estimate of drug-likeness (QED) is 0.833. The van der Waals surface area contributed by atoms with Crippen LogP contribution in [0.5, 0.6) is 5.75 Å². The molecule has 0 aliphatic carbocycles. The first-order chi connectivity index (χ1) is 13.9. The number of benzene rings is 2. The molecule has 152 valence electrons. The van der Waals surface area contributed by atoms with Gasteiger partial charge in [0.15, 0.2) is 0 Å². The van der Waals surface area contributed by atoms with Crippen molar-refractivity contribution >= 4 is 17.7 Å². The van der Waals surface area contributed by atoms with Crippen LogP contribution in [0.3, 0.4) is 0 Å². The van der Waals surface area contributed by atoms with Crippen LogP contribution in [0, 0.1) is 0 Å². The monoisotopic (exact) mass is 402 g/mol. The Morgan fingerprint density at radius 1 is 1.17 bits per heavy atom. The number of carbonyl (C=O) groups excluding carboxylic acids is 1. The topological polar surface area (TPSA) is 41.6 Å². The minimum absolute atomic E-state index is 0.0312. The number of halogens is 3. The number of nitrogens with one attached hydrogen (secondary N) is 1. The van der Waals surface area contributed by atoms with Gasteiger partial charge in [0.1, 0.15) is 5.75 Å². The number of alkyl halides is 3. The first-order valence-electron chi connectivity index (χ1n) is 9.45. The molecule has 1 saturated heterocycles. The van der Waals surface area contributed by atoms with Gasteiger partial charge in [0, 0.05) is 18.2 Å². The van der Waals surface area contributed by atoms with E-state index in [4.69, 9.17) is 4.74 Å². The fraction of sp³-hybridized carbons (Fsp3) is 0.318. The molecule has 2 aliphatic rings. The summed E-state index contributed by atoms with van der Waals surface area (Å²) < 4.78 is 46.0. The molecule has 2 aliphatic heterocycles. The summed E-state index contributed by atoms with van der Waals surface area (Å²) in [5, 5.41) is 3.23. The third kappa shape index (κ3) is 3.74. The fourth-order valence-corrected chi connectivity index (χ4v) is 3.75. The number of carbonyl (C=O) groups is 1. The Labute approximate surface area is 167 Å². The summed E-state index contributed by atoms with van der Waals surface area (Å²) in [6, 6.07) is 11.1. The van der Waals surface area contributed by atoms with Crippen molar-refractivity contribution < 1.29 is 22.7 Å². The van der Waals surface area contributed by atoms with Crippen LogP contribution < -0.4 is 15.0 Å². The third-order valence-electron chi connectivity index (χ3n) is 5.47. The lowest BCUT2D eigenvalue weighted by atomic mass is 9.96. The summed E-state index contributed by atoms with van der Waals surface area (Å²) in [5.74, 6) is -0.260. The molecule has 2 aromatic carbocycles. The van der Waals surface area contributed by atoms with E-state index in [1.807, 2.05) is 0 Å². The van der Waals surface area contributed by atoms with Crippen LogP contribution in [0.4, 0.5) is 18.9 Å². The maximum absolute atomic E-state index is 13.6. The smallest absolute Gasteiger partial charge is 0.417 e. The highest BCUT2D eigenvalue weighted by Gasteiger charge is 2.38. The molecule has 4 rings (SSSR count). The molecule has 1 fully saturated rings. The molecule has 4 nitrogen and oxygen atoms in total. The van der Waals surface area contributed by atoms with Crippen molar-refractivity contribution in [3.8, 4) is 5.75 Å². The van der Waals surface area contributed by atoms with E-state index in [9.17, 15) is 18.0 Å². The van der Waals surface area contributed by atoms with Crippen molar-refractivity contribution in [1.82, 2.24) is 5.32 Å². The predicted octanol–water partition coefficient (Wildman–Crippen LogP) is 4.22. The van der Waals surface area contributed by atoms with Crippen molar-refractivity contribution in [2.45, 2.75) is 24.6 Å². The summed E-state index contributed by atoms with van der Waals surface area (Å²) in [7, 11) is 1.55. The van der Waals surface area contributed by atoms with Crippen LogP contribution in [0.25, 0.3) is 6.08 Å². The second-order valence-electron chi connectivity index (χ2n) is 7.23. The van der Waals surface area contributed by atoms with E-state index in [-0.39, 0.29) is 17.5 Å². The summed E-state index contributed by atoms with van der Waals surface area (Å²) in [6.45, 7) is 1.18. The van der Waals surface area contributed by atoms with Gasteiger partial charge in [-0.05, 0) is 42.8 Å². The van der Waals surface area contributed by atoms with Gasteiger partial charge in [-0.3, -0.25) is 4.79 Å². The number of ether oxygens (including phenoxy) is 1. The van der Waals surface area contributed by atoms with Gasteiger partial charge in [0.2, 0.25) is 5.91 Å². The number of fused-ring (bicyclic) bond motifs is 1. The minimum Gasteiger partial charge on any atom is -0.497 e. The molecule has 0 saturated carbocycles. The van der Waals surface area contributed by atoms with Crippen LogP contribution in [0.1, 0.15) is 29.0 Å². The summed E-state index contributed by atoms with van der Waals surface area (Å²) in [4.78, 5) is 14.9. The number of amides is 1. The second kappa shape index (κ2) is 7.55. The number of rotatable bonds is 4. The zero-order chi connectivity index (χ0) is 20.6. The Hall–Kier alpha value is -2.80. The number of nitrogens with zero attached hydrogens (tertiary/aromatic N) is 1.